The van der Waals surface area contributed by atoms with E-state index in [-0.39, 0.29) is 18.4 Å². The molecule has 0 saturated heterocycles. The first kappa shape index (κ1) is 17.0. The number of ether oxygens (including phenoxy) is 1. The zero-order chi connectivity index (χ0) is 16.0. The number of carbonyl (C=O) groups is 2. The molecule has 1 aromatic carbocycles. The number of para-hydroxylation sites is 1. The van der Waals surface area contributed by atoms with Gasteiger partial charge in [-0.25, -0.2) is 0 Å². The van der Waals surface area contributed by atoms with Crippen molar-refractivity contribution in [2.45, 2.75) is 46.8 Å². The lowest BCUT2D eigenvalue weighted by molar-refractivity contribution is -0.149. The standard InChI is InChI=1S/C16H23NO4/c1-11(2)21-13-8-6-5-7-12(13)10-17-14(18)9-16(3,4)15(19)20/h5-8,11H,9-10H2,1-4H3,(H,17,18)(H,19,20). The monoisotopic (exact) mass is 293 g/mol. The van der Waals surface area contributed by atoms with Crippen LogP contribution in [0.25, 0.3) is 0 Å². The van der Waals surface area contributed by atoms with Gasteiger partial charge < -0.3 is 15.2 Å². The van der Waals surface area contributed by atoms with E-state index in [0.29, 0.717) is 6.54 Å². The summed E-state index contributed by atoms with van der Waals surface area (Å²) in [5, 5.41) is 11.8. The summed E-state index contributed by atoms with van der Waals surface area (Å²) in [5.41, 5.74) is -0.203. The van der Waals surface area contributed by atoms with Crippen molar-refractivity contribution in [3.63, 3.8) is 0 Å². The van der Waals surface area contributed by atoms with Crippen LogP contribution in [0.1, 0.15) is 39.7 Å². The van der Waals surface area contributed by atoms with Crippen LogP contribution in [0.5, 0.6) is 5.75 Å². The highest BCUT2D eigenvalue weighted by Crippen LogP contribution is 2.21. The Morgan fingerprint density at radius 3 is 2.48 bits per heavy atom. The maximum atomic E-state index is 11.9. The van der Waals surface area contributed by atoms with Crippen LogP contribution in [0.3, 0.4) is 0 Å². The lowest BCUT2D eigenvalue weighted by atomic mass is 9.89. The third-order valence-electron chi connectivity index (χ3n) is 2.99. The van der Waals surface area contributed by atoms with Crippen LogP contribution >= 0.6 is 0 Å². The average Bonchev–Trinajstić information content (AvgIpc) is 2.36. The molecule has 0 heterocycles. The number of benzene rings is 1. The van der Waals surface area contributed by atoms with Crippen molar-refractivity contribution in [3.05, 3.63) is 29.8 Å². The molecule has 5 heteroatoms. The predicted octanol–water partition coefficient (Wildman–Crippen LogP) is 2.59. The second kappa shape index (κ2) is 7.11. The van der Waals surface area contributed by atoms with E-state index < -0.39 is 11.4 Å². The van der Waals surface area contributed by atoms with Crippen LogP contribution in [0.2, 0.25) is 0 Å². The molecule has 5 nitrogen and oxygen atoms in total. The first-order valence-corrected chi connectivity index (χ1v) is 6.97. The molecule has 0 saturated carbocycles. The summed E-state index contributed by atoms with van der Waals surface area (Å²) in [6, 6.07) is 7.47. The van der Waals surface area contributed by atoms with Crippen LogP contribution in [-0.2, 0) is 16.1 Å². The second-order valence-corrected chi connectivity index (χ2v) is 5.92. The molecule has 0 aliphatic carbocycles. The minimum Gasteiger partial charge on any atom is -0.491 e. The summed E-state index contributed by atoms with van der Waals surface area (Å²) in [6.07, 6.45) is -0.0111. The Morgan fingerprint density at radius 2 is 1.90 bits per heavy atom. The van der Waals surface area contributed by atoms with E-state index in [0.717, 1.165) is 11.3 Å². The fourth-order valence-electron chi connectivity index (χ4n) is 1.75. The number of nitrogens with one attached hydrogen (secondary N) is 1. The number of carboxylic acid groups (broad SMARTS) is 1. The SMILES string of the molecule is CC(C)Oc1ccccc1CNC(=O)CC(C)(C)C(=O)O. The van der Waals surface area contributed by atoms with Gasteiger partial charge in [-0.05, 0) is 33.8 Å². The summed E-state index contributed by atoms with van der Waals surface area (Å²) >= 11 is 0. The van der Waals surface area contributed by atoms with Gasteiger partial charge in [-0.3, -0.25) is 9.59 Å². The van der Waals surface area contributed by atoms with Crippen molar-refractivity contribution in [2.75, 3.05) is 0 Å². The summed E-state index contributed by atoms with van der Waals surface area (Å²) in [5.74, 6) is -0.548. The largest absolute Gasteiger partial charge is 0.491 e. The van der Waals surface area contributed by atoms with Crippen molar-refractivity contribution >= 4 is 11.9 Å². The highest BCUT2D eigenvalue weighted by atomic mass is 16.5. The van der Waals surface area contributed by atoms with Crippen LogP contribution in [0, 0.1) is 5.41 Å². The van der Waals surface area contributed by atoms with Gasteiger partial charge in [0.1, 0.15) is 5.75 Å². The zero-order valence-corrected chi connectivity index (χ0v) is 13.0. The predicted molar refractivity (Wildman–Crippen MR) is 80.1 cm³/mol. The number of amides is 1. The molecule has 0 bridgehead atoms. The molecule has 1 rings (SSSR count). The number of carboxylic acids is 1. The Hall–Kier alpha value is -2.04. The van der Waals surface area contributed by atoms with E-state index in [2.05, 4.69) is 5.32 Å². The van der Waals surface area contributed by atoms with Gasteiger partial charge in [-0.2, -0.15) is 0 Å². The molecule has 21 heavy (non-hydrogen) atoms. The number of hydrogen-bond donors (Lipinski definition) is 2. The number of aliphatic carboxylic acids is 1. The molecule has 0 radical (unpaired) electrons. The number of hydrogen-bond acceptors (Lipinski definition) is 3. The van der Waals surface area contributed by atoms with Gasteiger partial charge in [0.05, 0.1) is 11.5 Å². The van der Waals surface area contributed by atoms with E-state index in [1.165, 1.54) is 13.8 Å². The Balaban J connectivity index is 2.63. The summed E-state index contributed by atoms with van der Waals surface area (Å²) in [7, 11) is 0. The fourth-order valence-corrected chi connectivity index (χ4v) is 1.75. The molecule has 0 fully saturated rings. The third-order valence-corrected chi connectivity index (χ3v) is 2.99. The smallest absolute Gasteiger partial charge is 0.309 e. The molecule has 0 aliphatic heterocycles. The zero-order valence-electron chi connectivity index (χ0n) is 13.0. The summed E-state index contributed by atoms with van der Waals surface area (Å²) in [4.78, 5) is 22.9. The minimum atomic E-state index is -1.07. The maximum absolute atomic E-state index is 11.9. The first-order valence-electron chi connectivity index (χ1n) is 6.97. The van der Waals surface area contributed by atoms with Gasteiger partial charge in [0, 0.05) is 18.5 Å². The molecule has 1 aromatic rings. The van der Waals surface area contributed by atoms with Crippen molar-refractivity contribution in [1.82, 2.24) is 5.32 Å². The molecular formula is C16H23NO4. The van der Waals surface area contributed by atoms with E-state index in [4.69, 9.17) is 9.84 Å². The Bertz CT molecular complexity index is 509. The highest BCUT2D eigenvalue weighted by Gasteiger charge is 2.30. The van der Waals surface area contributed by atoms with E-state index in [9.17, 15) is 9.59 Å². The van der Waals surface area contributed by atoms with Gasteiger partial charge in [-0.15, -0.1) is 0 Å². The Morgan fingerprint density at radius 1 is 1.29 bits per heavy atom. The van der Waals surface area contributed by atoms with Crippen LogP contribution in [-0.4, -0.2) is 23.1 Å². The van der Waals surface area contributed by atoms with Gasteiger partial charge in [-0.1, -0.05) is 18.2 Å². The van der Waals surface area contributed by atoms with E-state index in [1.54, 1.807) is 0 Å². The molecule has 0 atom stereocenters. The second-order valence-electron chi connectivity index (χ2n) is 5.92. The van der Waals surface area contributed by atoms with Crippen molar-refractivity contribution in [1.29, 1.82) is 0 Å². The number of rotatable bonds is 7. The Kier molecular flexibility index (Phi) is 5.76. The molecular weight excluding hydrogens is 270 g/mol. The molecule has 0 aromatic heterocycles. The van der Waals surface area contributed by atoms with Gasteiger partial charge >= 0.3 is 5.97 Å². The highest BCUT2D eigenvalue weighted by molar-refractivity contribution is 5.84. The van der Waals surface area contributed by atoms with Gasteiger partial charge in [0.15, 0.2) is 0 Å². The molecule has 116 valence electrons. The van der Waals surface area contributed by atoms with E-state index >= 15 is 0 Å². The molecule has 0 spiro atoms. The lowest BCUT2D eigenvalue weighted by Gasteiger charge is -2.19. The first-order chi connectivity index (χ1) is 9.72. The maximum Gasteiger partial charge on any atom is 0.309 e. The van der Waals surface area contributed by atoms with Crippen LogP contribution < -0.4 is 10.1 Å². The van der Waals surface area contributed by atoms with Gasteiger partial charge in [0.2, 0.25) is 5.91 Å². The van der Waals surface area contributed by atoms with E-state index in [1.807, 2.05) is 38.1 Å². The lowest BCUT2D eigenvalue weighted by Crippen LogP contribution is -2.33. The molecule has 2 N–H and O–H groups in total. The summed E-state index contributed by atoms with van der Waals surface area (Å²) < 4.78 is 5.67. The van der Waals surface area contributed by atoms with Crippen molar-refractivity contribution in [2.24, 2.45) is 5.41 Å². The summed E-state index contributed by atoms with van der Waals surface area (Å²) in [6.45, 7) is 7.25. The quantitative estimate of drug-likeness (QED) is 0.810. The average molecular weight is 293 g/mol. The van der Waals surface area contributed by atoms with Crippen LogP contribution in [0.4, 0.5) is 0 Å². The fraction of sp³-hybridized carbons (Fsp3) is 0.500. The molecule has 0 aliphatic rings. The minimum absolute atomic E-state index is 0.0489. The van der Waals surface area contributed by atoms with Crippen molar-refractivity contribution < 1.29 is 19.4 Å². The normalized spacial score (nSPS) is 11.3. The Labute approximate surface area is 125 Å². The molecule has 0 unspecified atom stereocenters. The van der Waals surface area contributed by atoms with Crippen molar-refractivity contribution in [3.8, 4) is 5.75 Å². The third kappa shape index (κ3) is 5.45. The number of carbonyl (C=O) groups excluding carboxylic acids is 1. The van der Waals surface area contributed by atoms with Crippen LogP contribution in [0.15, 0.2) is 24.3 Å². The van der Waals surface area contributed by atoms with Gasteiger partial charge in [0.25, 0.3) is 0 Å². The molecule has 1 amide bonds. The topological polar surface area (TPSA) is 75.6 Å².